The predicted octanol–water partition coefficient (Wildman–Crippen LogP) is 3.37. The average molecular weight is 396 g/mol. The van der Waals surface area contributed by atoms with Crippen molar-refractivity contribution in [1.82, 2.24) is 5.32 Å². The van der Waals surface area contributed by atoms with Crippen molar-refractivity contribution in [3.05, 3.63) is 58.9 Å². The van der Waals surface area contributed by atoms with Crippen molar-refractivity contribution in [3.8, 4) is 11.5 Å². The molecule has 0 heterocycles. The van der Waals surface area contributed by atoms with Crippen LogP contribution < -0.4 is 14.8 Å². The van der Waals surface area contributed by atoms with E-state index in [1.807, 2.05) is 0 Å². The van der Waals surface area contributed by atoms with Crippen molar-refractivity contribution >= 4 is 23.5 Å². The number of rotatable bonds is 8. The van der Waals surface area contributed by atoms with Gasteiger partial charge in [-0.05, 0) is 36.8 Å². The van der Waals surface area contributed by atoms with Crippen LogP contribution in [0.1, 0.15) is 18.9 Å². The molecule has 6 nitrogen and oxygen atoms in total. The van der Waals surface area contributed by atoms with Crippen LogP contribution in [-0.2, 0) is 15.1 Å². The van der Waals surface area contributed by atoms with Crippen LogP contribution in [0.3, 0.4) is 0 Å². The molecule has 1 atom stereocenters. The molecule has 0 aromatic heterocycles. The van der Waals surface area contributed by atoms with E-state index >= 15 is 0 Å². The number of aliphatic carboxylic acids is 1. The van der Waals surface area contributed by atoms with Gasteiger partial charge in [-0.2, -0.15) is 0 Å². The summed E-state index contributed by atoms with van der Waals surface area (Å²) in [5.41, 5.74) is -0.608. The maximum absolute atomic E-state index is 13.2. The predicted molar refractivity (Wildman–Crippen MR) is 97.6 cm³/mol. The molecular formula is C19H19ClFNO5. The number of benzene rings is 2. The third-order valence-corrected chi connectivity index (χ3v) is 4.18. The van der Waals surface area contributed by atoms with Gasteiger partial charge in [0, 0.05) is 6.07 Å². The highest BCUT2D eigenvalue weighted by Crippen LogP contribution is 2.28. The molecule has 144 valence electrons. The molecule has 2 aromatic carbocycles. The maximum Gasteiger partial charge on any atom is 0.306 e. The van der Waals surface area contributed by atoms with Gasteiger partial charge in [-0.15, -0.1) is 0 Å². The SMILES string of the molecule is COc1cccc(C(C)(CC(=O)O)NC(=O)COc2ccc(F)c(Cl)c2)c1. The Morgan fingerprint density at radius 3 is 2.59 bits per heavy atom. The zero-order chi connectivity index (χ0) is 20.0. The lowest BCUT2D eigenvalue weighted by molar-refractivity contribution is -0.139. The number of halogens is 2. The van der Waals surface area contributed by atoms with Crippen molar-refractivity contribution in [1.29, 1.82) is 0 Å². The number of hydrogen-bond donors (Lipinski definition) is 2. The van der Waals surface area contributed by atoms with E-state index in [1.165, 1.54) is 19.2 Å². The minimum absolute atomic E-state index is 0.125. The number of carboxylic acids is 1. The Hall–Kier alpha value is -2.80. The smallest absolute Gasteiger partial charge is 0.306 e. The molecule has 0 saturated heterocycles. The highest BCUT2D eigenvalue weighted by molar-refractivity contribution is 6.30. The lowest BCUT2D eigenvalue weighted by Gasteiger charge is -2.30. The Bertz CT molecular complexity index is 845. The monoisotopic (exact) mass is 395 g/mol. The summed E-state index contributed by atoms with van der Waals surface area (Å²) in [7, 11) is 1.49. The van der Waals surface area contributed by atoms with Gasteiger partial charge >= 0.3 is 5.97 Å². The van der Waals surface area contributed by atoms with E-state index in [4.69, 9.17) is 21.1 Å². The lowest BCUT2D eigenvalue weighted by Crippen LogP contribution is -2.46. The van der Waals surface area contributed by atoms with E-state index < -0.39 is 23.2 Å². The second-order valence-electron chi connectivity index (χ2n) is 6.05. The van der Waals surface area contributed by atoms with Gasteiger partial charge < -0.3 is 19.9 Å². The molecule has 0 saturated carbocycles. The Kier molecular flexibility index (Phi) is 6.63. The quantitative estimate of drug-likeness (QED) is 0.715. The molecule has 0 aliphatic rings. The molecule has 2 N–H and O–H groups in total. The Morgan fingerprint density at radius 1 is 1.22 bits per heavy atom. The number of carbonyl (C=O) groups is 2. The number of amides is 1. The van der Waals surface area contributed by atoms with E-state index in [0.29, 0.717) is 11.3 Å². The standard InChI is InChI=1S/C19H19ClFNO5/c1-19(10-18(24)25,12-4-3-5-13(8-12)26-2)22-17(23)11-27-14-6-7-16(21)15(20)9-14/h3-9H,10-11H2,1-2H3,(H,22,23)(H,24,25). The summed E-state index contributed by atoms with van der Waals surface area (Å²) in [5, 5.41) is 11.8. The summed E-state index contributed by atoms with van der Waals surface area (Å²) in [6.45, 7) is 1.21. The average Bonchev–Trinajstić information content (AvgIpc) is 2.62. The van der Waals surface area contributed by atoms with E-state index in [1.54, 1.807) is 31.2 Å². The molecule has 0 radical (unpaired) electrons. The van der Waals surface area contributed by atoms with Gasteiger partial charge in [-0.25, -0.2) is 4.39 Å². The highest BCUT2D eigenvalue weighted by Gasteiger charge is 2.32. The zero-order valence-electron chi connectivity index (χ0n) is 14.8. The van der Waals surface area contributed by atoms with E-state index in [2.05, 4.69) is 5.32 Å². The third-order valence-electron chi connectivity index (χ3n) is 3.89. The van der Waals surface area contributed by atoms with Crippen LogP contribution >= 0.6 is 11.6 Å². The highest BCUT2D eigenvalue weighted by atomic mass is 35.5. The minimum atomic E-state index is -1.18. The molecular weight excluding hydrogens is 377 g/mol. The number of methoxy groups -OCH3 is 1. The molecule has 8 heteroatoms. The van der Waals surface area contributed by atoms with Gasteiger partial charge in [-0.3, -0.25) is 9.59 Å². The molecule has 1 amide bonds. The van der Waals surface area contributed by atoms with Crippen LogP contribution in [0, 0.1) is 5.82 Å². The largest absolute Gasteiger partial charge is 0.497 e. The van der Waals surface area contributed by atoms with Crippen LogP contribution in [0.5, 0.6) is 11.5 Å². The number of ether oxygens (including phenoxy) is 2. The summed E-state index contributed by atoms with van der Waals surface area (Å²) in [6.07, 6.45) is -0.339. The third kappa shape index (κ3) is 5.59. The van der Waals surface area contributed by atoms with Gasteiger partial charge in [0.15, 0.2) is 6.61 Å². The van der Waals surface area contributed by atoms with Crippen LogP contribution in [0.4, 0.5) is 4.39 Å². The first-order valence-electron chi connectivity index (χ1n) is 7.99. The van der Waals surface area contributed by atoms with Gasteiger partial charge in [0.25, 0.3) is 5.91 Å². The molecule has 0 aliphatic heterocycles. The van der Waals surface area contributed by atoms with Crippen molar-refractivity contribution in [2.45, 2.75) is 18.9 Å². The van der Waals surface area contributed by atoms with Gasteiger partial charge in [-0.1, -0.05) is 23.7 Å². The minimum Gasteiger partial charge on any atom is -0.497 e. The molecule has 0 spiro atoms. The molecule has 27 heavy (non-hydrogen) atoms. The topological polar surface area (TPSA) is 84.9 Å². The normalized spacial score (nSPS) is 12.7. The zero-order valence-corrected chi connectivity index (χ0v) is 15.5. The Labute approximate surface area is 160 Å². The first kappa shape index (κ1) is 20.5. The first-order chi connectivity index (χ1) is 12.7. The fourth-order valence-electron chi connectivity index (χ4n) is 2.55. The fourth-order valence-corrected chi connectivity index (χ4v) is 2.72. The van der Waals surface area contributed by atoms with Crippen molar-refractivity contribution in [2.24, 2.45) is 0 Å². The van der Waals surface area contributed by atoms with Gasteiger partial charge in [0.05, 0.1) is 24.1 Å². The van der Waals surface area contributed by atoms with E-state index in [0.717, 1.165) is 6.07 Å². The number of hydrogen-bond acceptors (Lipinski definition) is 4. The Balaban J connectivity index is 2.13. The Morgan fingerprint density at radius 2 is 1.96 bits per heavy atom. The summed E-state index contributed by atoms with van der Waals surface area (Å²) in [4.78, 5) is 23.6. The van der Waals surface area contributed by atoms with Crippen LogP contribution in [0.15, 0.2) is 42.5 Å². The molecule has 0 bridgehead atoms. The number of nitrogens with one attached hydrogen (secondary N) is 1. The molecule has 2 rings (SSSR count). The summed E-state index contributed by atoms with van der Waals surface area (Å²) >= 11 is 5.67. The number of carbonyl (C=O) groups excluding carboxylic acids is 1. The van der Waals surface area contributed by atoms with E-state index in [9.17, 15) is 19.1 Å². The maximum atomic E-state index is 13.2. The first-order valence-corrected chi connectivity index (χ1v) is 8.36. The van der Waals surface area contributed by atoms with Crippen LogP contribution in [0.25, 0.3) is 0 Å². The lowest BCUT2D eigenvalue weighted by atomic mass is 9.88. The van der Waals surface area contributed by atoms with Crippen molar-refractivity contribution in [2.75, 3.05) is 13.7 Å². The summed E-state index contributed by atoms with van der Waals surface area (Å²) in [6, 6.07) is 10.5. The molecule has 0 aliphatic carbocycles. The van der Waals surface area contributed by atoms with Crippen molar-refractivity contribution < 1.29 is 28.6 Å². The molecule has 2 aromatic rings. The van der Waals surface area contributed by atoms with Gasteiger partial charge in [0.2, 0.25) is 0 Å². The number of carboxylic acid groups (broad SMARTS) is 1. The second-order valence-corrected chi connectivity index (χ2v) is 6.45. The summed E-state index contributed by atoms with van der Waals surface area (Å²) in [5.74, 6) is -1.46. The fraction of sp³-hybridized carbons (Fsp3) is 0.263. The molecule has 0 fully saturated rings. The van der Waals surface area contributed by atoms with Crippen LogP contribution in [-0.4, -0.2) is 30.7 Å². The van der Waals surface area contributed by atoms with E-state index in [-0.39, 0.29) is 23.8 Å². The second kappa shape index (κ2) is 8.73. The molecule has 1 unspecified atom stereocenters. The van der Waals surface area contributed by atoms with Crippen LogP contribution in [0.2, 0.25) is 5.02 Å². The summed E-state index contributed by atoms with van der Waals surface area (Å²) < 4.78 is 23.6. The van der Waals surface area contributed by atoms with Gasteiger partial charge in [0.1, 0.15) is 17.3 Å². The van der Waals surface area contributed by atoms with Crippen molar-refractivity contribution in [3.63, 3.8) is 0 Å².